The van der Waals surface area contributed by atoms with Crippen LogP contribution in [0.25, 0.3) is 11.3 Å². The molecular formula is C31H32N2O5S. The fourth-order valence-corrected chi connectivity index (χ4v) is 5.92. The maximum absolute atomic E-state index is 13.5. The highest BCUT2D eigenvalue weighted by molar-refractivity contribution is 7.90. The van der Waals surface area contributed by atoms with Crippen molar-refractivity contribution >= 4 is 15.7 Å². The van der Waals surface area contributed by atoms with E-state index in [1.165, 1.54) is 14.2 Å². The molecule has 0 bridgehead atoms. The third-order valence-electron chi connectivity index (χ3n) is 6.31. The minimum absolute atomic E-state index is 0.135. The van der Waals surface area contributed by atoms with Crippen LogP contribution in [-0.4, -0.2) is 40.1 Å². The van der Waals surface area contributed by atoms with Crippen LogP contribution in [0.1, 0.15) is 33.6 Å². The molecule has 0 radical (unpaired) electrons. The molecule has 0 saturated heterocycles. The number of carbonyl (C=O) groups excluding carboxylic acids is 1. The van der Waals surface area contributed by atoms with Gasteiger partial charge in [0.05, 0.1) is 31.2 Å². The van der Waals surface area contributed by atoms with Gasteiger partial charge in [0.25, 0.3) is 5.91 Å². The number of pyridine rings is 1. The maximum atomic E-state index is 13.5. The van der Waals surface area contributed by atoms with Gasteiger partial charge in [-0.05, 0) is 73.4 Å². The van der Waals surface area contributed by atoms with Gasteiger partial charge in [0, 0.05) is 17.8 Å². The Morgan fingerprint density at radius 1 is 0.846 bits per heavy atom. The molecule has 4 rings (SSSR count). The Labute approximate surface area is 229 Å². The Kier molecular flexibility index (Phi) is 8.99. The van der Waals surface area contributed by atoms with Gasteiger partial charge in [0.1, 0.15) is 16.4 Å². The van der Waals surface area contributed by atoms with E-state index in [0.717, 1.165) is 11.3 Å². The number of nitrogens with one attached hydrogen (secondary N) is 1. The third kappa shape index (κ3) is 7.03. The van der Waals surface area contributed by atoms with Gasteiger partial charge in [-0.15, -0.1) is 0 Å². The van der Waals surface area contributed by atoms with Gasteiger partial charge in [0.15, 0.2) is 9.84 Å². The van der Waals surface area contributed by atoms with Gasteiger partial charge in [-0.3, -0.25) is 9.78 Å². The summed E-state index contributed by atoms with van der Waals surface area (Å²) < 4.78 is 37.7. The van der Waals surface area contributed by atoms with E-state index in [9.17, 15) is 13.2 Å². The smallest absolute Gasteiger partial charge is 0.255 e. The van der Waals surface area contributed by atoms with Crippen molar-refractivity contribution in [2.45, 2.75) is 30.4 Å². The molecule has 39 heavy (non-hydrogen) atoms. The first-order valence-corrected chi connectivity index (χ1v) is 14.3. The van der Waals surface area contributed by atoms with Crippen molar-refractivity contribution in [2.24, 2.45) is 0 Å². The minimum atomic E-state index is -3.71. The van der Waals surface area contributed by atoms with Crippen LogP contribution in [0.3, 0.4) is 0 Å². The largest absolute Gasteiger partial charge is 0.496 e. The molecule has 1 amide bonds. The summed E-state index contributed by atoms with van der Waals surface area (Å²) >= 11 is 0. The second-order valence-electron chi connectivity index (χ2n) is 9.17. The molecule has 0 saturated carbocycles. The molecule has 1 heterocycles. The highest BCUT2D eigenvalue weighted by Crippen LogP contribution is 2.31. The quantitative estimate of drug-likeness (QED) is 0.254. The van der Waals surface area contributed by atoms with E-state index in [1.807, 2.05) is 61.5 Å². The Balaban J connectivity index is 1.43. The molecule has 3 aromatic carbocycles. The first-order chi connectivity index (χ1) is 18.8. The van der Waals surface area contributed by atoms with Gasteiger partial charge >= 0.3 is 0 Å². The normalized spacial score (nSPS) is 11.2. The molecule has 1 N–H and O–H groups in total. The first kappa shape index (κ1) is 27.9. The van der Waals surface area contributed by atoms with Crippen LogP contribution in [-0.2, 0) is 22.0 Å². The van der Waals surface area contributed by atoms with E-state index in [-0.39, 0.29) is 16.6 Å². The molecule has 0 aliphatic heterocycles. The van der Waals surface area contributed by atoms with Crippen LogP contribution in [0.5, 0.6) is 11.5 Å². The number of aryl methyl sites for hydroxylation is 2. The number of para-hydroxylation sites is 1. The number of aromatic nitrogens is 1. The first-order valence-electron chi connectivity index (χ1n) is 12.6. The fourth-order valence-electron chi connectivity index (χ4n) is 4.38. The van der Waals surface area contributed by atoms with Crippen molar-refractivity contribution in [3.8, 4) is 22.8 Å². The average Bonchev–Trinajstić information content (AvgIpc) is 2.94. The van der Waals surface area contributed by atoms with Crippen molar-refractivity contribution in [1.82, 2.24) is 10.3 Å². The van der Waals surface area contributed by atoms with Crippen LogP contribution in [0.4, 0.5) is 0 Å². The van der Waals surface area contributed by atoms with Crippen LogP contribution in [0.2, 0.25) is 0 Å². The zero-order valence-corrected chi connectivity index (χ0v) is 23.1. The Morgan fingerprint density at radius 2 is 1.59 bits per heavy atom. The number of ether oxygens (including phenoxy) is 2. The topological polar surface area (TPSA) is 94.6 Å². The lowest BCUT2D eigenvalue weighted by Gasteiger charge is -2.13. The Hall–Kier alpha value is -4.17. The summed E-state index contributed by atoms with van der Waals surface area (Å²) in [5.74, 6) is 0.478. The Bertz CT molecular complexity index is 1570. The summed E-state index contributed by atoms with van der Waals surface area (Å²) in [7, 11) is -0.709. The minimum Gasteiger partial charge on any atom is -0.496 e. The SMILES string of the molecule is COc1ccccc1C(=O)NCCCc1cccc(CS(=O)(=O)c2cc(-c3cccc(C)n3)ccc2OC)c1. The number of sulfone groups is 1. The third-order valence-corrected chi connectivity index (χ3v) is 8.01. The second-order valence-corrected chi connectivity index (χ2v) is 11.1. The predicted octanol–water partition coefficient (Wildman–Crippen LogP) is 5.41. The molecule has 1 aromatic heterocycles. The molecule has 0 aliphatic carbocycles. The monoisotopic (exact) mass is 544 g/mol. The fraction of sp³-hybridized carbons (Fsp3) is 0.226. The molecule has 7 nitrogen and oxygen atoms in total. The van der Waals surface area contributed by atoms with E-state index in [0.29, 0.717) is 53.3 Å². The van der Waals surface area contributed by atoms with Crippen molar-refractivity contribution in [3.05, 3.63) is 107 Å². The van der Waals surface area contributed by atoms with Gasteiger partial charge in [0.2, 0.25) is 0 Å². The number of hydrogen-bond acceptors (Lipinski definition) is 6. The van der Waals surface area contributed by atoms with E-state index in [1.54, 1.807) is 30.3 Å². The number of nitrogens with zero attached hydrogens (tertiary/aromatic N) is 1. The lowest BCUT2D eigenvalue weighted by Crippen LogP contribution is -2.25. The molecule has 0 fully saturated rings. The predicted molar refractivity (Wildman–Crippen MR) is 152 cm³/mol. The van der Waals surface area contributed by atoms with Gasteiger partial charge in [-0.2, -0.15) is 0 Å². The average molecular weight is 545 g/mol. The highest BCUT2D eigenvalue weighted by Gasteiger charge is 2.22. The summed E-state index contributed by atoms with van der Waals surface area (Å²) in [5, 5.41) is 2.92. The van der Waals surface area contributed by atoms with Crippen LogP contribution in [0, 0.1) is 6.92 Å². The van der Waals surface area contributed by atoms with E-state index >= 15 is 0 Å². The number of methoxy groups -OCH3 is 2. The maximum Gasteiger partial charge on any atom is 0.255 e. The van der Waals surface area contributed by atoms with Crippen molar-refractivity contribution in [3.63, 3.8) is 0 Å². The summed E-state index contributed by atoms with van der Waals surface area (Å²) in [5.41, 5.74) is 4.44. The molecular weight excluding hydrogens is 512 g/mol. The number of amides is 1. The molecule has 0 spiro atoms. The number of benzene rings is 3. The summed E-state index contributed by atoms with van der Waals surface area (Å²) in [6.07, 6.45) is 1.40. The standard InChI is InChI=1S/C31H32N2O5S/c1-22-9-6-14-27(33-22)25-16-17-29(38-3)30(20-25)39(35,36)21-24-11-7-10-23(19-24)12-8-18-32-31(34)26-13-4-5-15-28(26)37-2/h4-7,9-11,13-17,19-20H,8,12,18,21H2,1-3H3,(H,32,34). The summed E-state index contributed by atoms with van der Waals surface area (Å²) in [6.45, 7) is 2.38. The Morgan fingerprint density at radius 3 is 2.36 bits per heavy atom. The van der Waals surface area contributed by atoms with Crippen molar-refractivity contribution in [2.75, 3.05) is 20.8 Å². The number of hydrogen-bond donors (Lipinski definition) is 1. The molecule has 0 aliphatic rings. The molecule has 4 aromatic rings. The van der Waals surface area contributed by atoms with Gasteiger partial charge in [-0.1, -0.05) is 42.5 Å². The highest BCUT2D eigenvalue weighted by atomic mass is 32.2. The van der Waals surface area contributed by atoms with E-state index < -0.39 is 9.84 Å². The van der Waals surface area contributed by atoms with Gasteiger partial charge in [-0.25, -0.2) is 8.42 Å². The lowest BCUT2D eigenvalue weighted by molar-refractivity contribution is 0.0950. The zero-order valence-electron chi connectivity index (χ0n) is 22.3. The number of carbonyl (C=O) groups is 1. The molecule has 0 unspecified atom stereocenters. The van der Waals surface area contributed by atoms with Crippen LogP contribution < -0.4 is 14.8 Å². The molecule has 0 atom stereocenters. The van der Waals surface area contributed by atoms with Crippen LogP contribution in [0.15, 0.2) is 89.8 Å². The van der Waals surface area contributed by atoms with Crippen LogP contribution >= 0.6 is 0 Å². The molecule has 202 valence electrons. The summed E-state index contributed by atoms with van der Waals surface area (Å²) in [4.78, 5) is 17.1. The van der Waals surface area contributed by atoms with Crippen molar-refractivity contribution in [1.29, 1.82) is 0 Å². The second kappa shape index (κ2) is 12.6. The number of rotatable bonds is 11. The van der Waals surface area contributed by atoms with Crippen molar-refractivity contribution < 1.29 is 22.7 Å². The zero-order chi connectivity index (χ0) is 27.8. The van der Waals surface area contributed by atoms with E-state index in [2.05, 4.69) is 10.3 Å². The summed E-state index contributed by atoms with van der Waals surface area (Å²) in [6, 6.07) is 25.4. The van der Waals surface area contributed by atoms with Gasteiger partial charge < -0.3 is 14.8 Å². The molecule has 8 heteroatoms. The lowest BCUT2D eigenvalue weighted by atomic mass is 10.1. The van der Waals surface area contributed by atoms with E-state index in [4.69, 9.17) is 9.47 Å².